The molecule has 2 amide bonds. The minimum Gasteiger partial charge on any atom is -0.351 e. The van der Waals surface area contributed by atoms with Crippen molar-refractivity contribution in [1.29, 1.82) is 0 Å². The molecule has 1 aromatic carbocycles. The van der Waals surface area contributed by atoms with Gasteiger partial charge in [0.05, 0.1) is 0 Å². The molecular weight excluding hydrogens is 422 g/mol. The van der Waals surface area contributed by atoms with Crippen LogP contribution in [-0.2, 0) is 26.2 Å². The molecule has 1 aliphatic heterocycles. The van der Waals surface area contributed by atoms with Crippen molar-refractivity contribution in [2.45, 2.75) is 49.9 Å². The molecule has 1 aromatic heterocycles. The Labute approximate surface area is 181 Å². The van der Waals surface area contributed by atoms with Gasteiger partial charge in [-0.2, -0.15) is 4.31 Å². The first-order valence-corrected chi connectivity index (χ1v) is 12.3. The van der Waals surface area contributed by atoms with Crippen LogP contribution < -0.4 is 10.6 Å². The average molecular weight is 450 g/mol. The summed E-state index contributed by atoms with van der Waals surface area (Å²) in [6.45, 7) is 4.57. The molecule has 1 aliphatic rings. The molecule has 1 atom stereocenters. The molecule has 2 aromatic rings. The Kier molecular flexibility index (Phi) is 7.27. The molecule has 0 unspecified atom stereocenters. The van der Waals surface area contributed by atoms with Gasteiger partial charge in [-0.05, 0) is 47.9 Å². The maximum absolute atomic E-state index is 12.8. The first kappa shape index (κ1) is 22.5. The molecule has 3 rings (SSSR count). The number of benzene rings is 1. The lowest BCUT2D eigenvalue weighted by atomic mass is 10.1. The Hall–Kier alpha value is -2.23. The van der Waals surface area contributed by atoms with Gasteiger partial charge >= 0.3 is 0 Å². The highest BCUT2D eigenvalue weighted by Crippen LogP contribution is 2.28. The Morgan fingerprint density at radius 2 is 2.03 bits per heavy atom. The summed E-state index contributed by atoms with van der Waals surface area (Å²) in [5.41, 5.74) is 1.51. The van der Waals surface area contributed by atoms with Gasteiger partial charge in [-0.15, -0.1) is 11.3 Å². The van der Waals surface area contributed by atoms with Gasteiger partial charge in [0, 0.05) is 25.2 Å². The van der Waals surface area contributed by atoms with Crippen LogP contribution in [0.2, 0.25) is 0 Å². The predicted molar refractivity (Wildman–Crippen MR) is 118 cm³/mol. The molecular formula is C21H27N3O4S2. The molecule has 9 heteroatoms. The summed E-state index contributed by atoms with van der Waals surface area (Å²) in [4.78, 5) is 24.7. The van der Waals surface area contributed by atoms with Crippen LogP contribution in [0, 0.1) is 5.92 Å². The molecule has 2 N–H and O–H groups in total. The van der Waals surface area contributed by atoms with Gasteiger partial charge in [-0.25, -0.2) is 8.42 Å². The SMILES string of the molecule is CC(C)CC(=O)Nc1cccc(CNC(=O)[C@@H]2CCCN2S(=O)(=O)c2cccs2)c1. The van der Waals surface area contributed by atoms with Crippen molar-refractivity contribution >= 4 is 38.9 Å². The lowest BCUT2D eigenvalue weighted by molar-refractivity contribution is -0.124. The number of carbonyl (C=O) groups is 2. The highest BCUT2D eigenvalue weighted by atomic mass is 32.2. The number of nitrogens with zero attached hydrogens (tertiary/aromatic N) is 1. The van der Waals surface area contributed by atoms with Gasteiger partial charge in [0.15, 0.2) is 0 Å². The number of sulfonamides is 1. The minimum absolute atomic E-state index is 0.0495. The summed E-state index contributed by atoms with van der Waals surface area (Å²) >= 11 is 1.15. The Balaban J connectivity index is 1.61. The number of carbonyl (C=O) groups excluding carboxylic acids is 2. The summed E-state index contributed by atoms with van der Waals surface area (Å²) < 4.78 is 27.2. The van der Waals surface area contributed by atoms with Crippen LogP contribution in [0.5, 0.6) is 0 Å². The van der Waals surface area contributed by atoms with E-state index in [0.29, 0.717) is 31.5 Å². The zero-order valence-electron chi connectivity index (χ0n) is 17.1. The number of rotatable bonds is 8. The highest BCUT2D eigenvalue weighted by molar-refractivity contribution is 7.91. The second-order valence-corrected chi connectivity index (χ2v) is 10.8. The van der Waals surface area contributed by atoms with E-state index in [-0.39, 0.29) is 28.5 Å². The molecule has 162 valence electrons. The Bertz CT molecular complexity index is 987. The van der Waals surface area contributed by atoms with Gasteiger partial charge < -0.3 is 10.6 Å². The molecule has 2 heterocycles. The van der Waals surface area contributed by atoms with E-state index in [9.17, 15) is 18.0 Å². The van der Waals surface area contributed by atoms with Gasteiger partial charge in [0.25, 0.3) is 10.0 Å². The van der Waals surface area contributed by atoms with Crippen LogP contribution in [0.25, 0.3) is 0 Å². The van der Waals surface area contributed by atoms with Crippen molar-refractivity contribution in [3.63, 3.8) is 0 Å². The number of amides is 2. The lowest BCUT2D eigenvalue weighted by Crippen LogP contribution is -2.45. The average Bonchev–Trinajstić information content (AvgIpc) is 3.38. The van der Waals surface area contributed by atoms with Crippen LogP contribution in [0.4, 0.5) is 5.69 Å². The van der Waals surface area contributed by atoms with Crippen LogP contribution in [0.1, 0.15) is 38.7 Å². The number of thiophene rings is 1. The van der Waals surface area contributed by atoms with Crippen LogP contribution in [0.15, 0.2) is 46.0 Å². The van der Waals surface area contributed by atoms with Crippen molar-refractivity contribution in [2.75, 3.05) is 11.9 Å². The van der Waals surface area contributed by atoms with Gasteiger partial charge in [0.2, 0.25) is 11.8 Å². The van der Waals surface area contributed by atoms with Crippen molar-refractivity contribution in [3.8, 4) is 0 Å². The molecule has 0 saturated carbocycles. The van der Waals surface area contributed by atoms with Crippen LogP contribution in [-0.4, -0.2) is 37.1 Å². The van der Waals surface area contributed by atoms with Crippen molar-refractivity contribution < 1.29 is 18.0 Å². The number of nitrogens with one attached hydrogen (secondary N) is 2. The quantitative estimate of drug-likeness (QED) is 0.647. The number of hydrogen-bond donors (Lipinski definition) is 2. The third kappa shape index (κ3) is 5.47. The standard InChI is InChI=1S/C21H27N3O4S2/c1-15(2)12-19(25)23-17-7-3-6-16(13-17)14-22-21(26)18-8-4-10-24(18)30(27,28)20-9-5-11-29-20/h3,5-7,9,11,13,15,18H,4,8,10,12,14H2,1-2H3,(H,22,26)(H,23,25)/t18-/m0/s1. The number of anilines is 1. The fourth-order valence-electron chi connectivity index (χ4n) is 3.46. The summed E-state index contributed by atoms with van der Waals surface area (Å²) in [5.74, 6) is -0.0827. The second kappa shape index (κ2) is 9.72. The molecule has 1 saturated heterocycles. The topological polar surface area (TPSA) is 95.6 Å². The Morgan fingerprint density at radius 3 is 2.73 bits per heavy atom. The van der Waals surface area contributed by atoms with Crippen molar-refractivity contribution in [1.82, 2.24) is 9.62 Å². The minimum atomic E-state index is -3.66. The lowest BCUT2D eigenvalue weighted by Gasteiger charge is -2.22. The number of hydrogen-bond acceptors (Lipinski definition) is 5. The molecule has 0 aliphatic carbocycles. The maximum atomic E-state index is 12.8. The normalized spacial score (nSPS) is 17.2. The van der Waals surface area contributed by atoms with E-state index >= 15 is 0 Å². The summed E-state index contributed by atoms with van der Waals surface area (Å²) in [5, 5.41) is 7.42. The predicted octanol–water partition coefficient (Wildman–Crippen LogP) is 3.20. The molecule has 0 spiro atoms. The molecule has 0 radical (unpaired) electrons. The second-order valence-electron chi connectivity index (χ2n) is 7.77. The van der Waals surface area contributed by atoms with Crippen molar-refractivity contribution in [3.05, 3.63) is 47.3 Å². The highest BCUT2D eigenvalue weighted by Gasteiger charge is 2.39. The molecule has 30 heavy (non-hydrogen) atoms. The third-order valence-corrected chi connectivity index (χ3v) is 8.12. The van der Waals surface area contributed by atoms with Crippen molar-refractivity contribution in [2.24, 2.45) is 5.92 Å². The van der Waals surface area contributed by atoms with E-state index in [1.54, 1.807) is 23.6 Å². The molecule has 7 nitrogen and oxygen atoms in total. The van der Waals surface area contributed by atoms with E-state index in [2.05, 4.69) is 10.6 Å². The summed E-state index contributed by atoms with van der Waals surface area (Å²) in [7, 11) is -3.66. The van der Waals surface area contributed by atoms with E-state index in [0.717, 1.165) is 16.9 Å². The summed E-state index contributed by atoms with van der Waals surface area (Å²) in [6, 6.07) is 9.83. The van der Waals surface area contributed by atoms with E-state index in [1.165, 1.54) is 4.31 Å². The van der Waals surface area contributed by atoms with Crippen LogP contribution >= 0.6 is 11.3 Å². The zero-order chi connectivity index (χ0) is 21.7. The van der Waals surface area contributed by atoms with Gasteiger partial charge in [-0.3, -0.25) is 9.59 Å². The maximum Gasteiger partial charge on any atom is 0.253 e. The fourth-order valence-corrected chi connectivity index (χ4v) is 6.24. The Morgan fingerprint density at radius 1 is 1.23 bits per heavy atom. The summed E-state index contributed by atoms with van der Waals surface area (Å²) in [6.07, 6.45) is 1.60. The smallest absolute Gasteiger partial charge is 0.253 e. The van der Waals surface area contributed by atoms with E-state index < -0.39 is 16.1 Å². The van der Waals surface area contributed by atoms with Gasteiger partial charge in [0.1, 0.15) is 10.3 Å². The van der Waals surface area contributed by atoms with Gasteiger partial charge in [-0.1, -0.05) is 32.0 Å². The first-order chi connectivity index (χ1) is 14.3. The molecule has 1 fully saturated rings. The molecule has 0 bridgehead atoms. The van der Waals surface area contributed by atoms with E-state index in [1.807, 2.05) is 32.0 Å². The zero-order valence-corrected chi connectivity index (χ0v) is 18.8. The largest absolute Gasteiger partial charge is 0.351 e. The monoisotopic (exact) mass is 449 g/mol. The first-order valence-electron chi connectivity index (χ1n) is 9.99. The third-order valence-electron chi connectivity index (χ3n) is 4.84. The van der Waals surface area contributed by atoms with E-state index in [4.69, 9.17) is 0 Å². The van der Waals surface area contributed by atoms with Crippen LogP contribution in [0.3, 0.4) is 0 Å². The fraction of sp³-hybridized carbons (Fsp3) is 0.429.